The van der Waals surface area contributed by atoms with Crippen molar-refractivity contribution in [3.8, 4) is 0 Å². The summed E-state index contributed by atoms with van der Waals surface area (Å²) in [6.45, 7) is 0. The van der Waals surface area contributed by atoms with Crippen molar-refractivity contribution < 1.29 is 4.92 Å². The Kier molecular flexibility index (Phi) is 1.55. The van der Waals surface area contributed by atoms with Crippen LogP contribution >= 0.6 is 0 Å². The Morgan fingerprint density at radius 1 is 1.54 bits per heavy atom. The molecule has 0 saturated heterocycles. The summed E-state index contributed by atoms with van der Waals surface area (Å²) in [5.74, 6) is -0.102. The molecule has 0 fully saturated rings. The van der Waals surface area contributed by atoms with Crippen molar-refractivity contribution in [1.29, 1.82) is 0 Å². The number of aromatic nitrogens is 2. The van der Waals surface area contributed by atoms with E-state index in [-0.39, 0.29) is 5.82 Å². The van der Waals surface area contributed by atoms with E-state index in [0.717, 1.165) is 0 Å². The van der Waals surface area contributed by atoms with Crippen LogP contribution in [0.2, 0.25) is 0 Å². The maximum atomic E-state index is 10.5. The molecule has 0 bridgehead atoms. The SMILES string of the molecule is O=[N+]([O-])c1cncn1C1=C[N]N=C1. The van der Waals surface area contributed by atoms with E-state index < -0.39 is 4.92 Å². The molecule has 0 saturated carbocycles. The van der Waals surface area contributed by atoms with Crippen LogP contribution in [0.15, 0.2) is 23.8 Å². The van der Waals surface area contributed by atoms with Crippen molar-refractivity contribution >= 4 is 17.7 Å². The third-order valence-electron chi connectivity index (χ3n) is 1.53. The molecule has 7 nitrogen and oxygen atoms in total. The fourth-order valence-electron chi connectivity index (χ4n) is 0.965. The second-order valence-electron chi connectivity index (χ2n) is 2.29. The molecule has 0 spiro atoms. The largest absolute Gasteiger partial charge is 0.358 e. The van der Waals surface area contributed by atoms with Crippen molar-refractivity contribution in [3.63, 3.8) is 0 Å². The Morgan fingerprint density at radius 3 is 3.00 bits per heavy atom. The molecule has 2 heterocycles. The van der Waals surface area contributed by atoms with E-state index in [1.807, 2.05) is 0 Å². The maximum absolute atomic E-state index is 10.5. The molecule has 1 aliphatic rings. The third-order valence-corrected chi connectivity index (χ3v) is 1.53. The predicted molar refractivity (Wildman–Crippen MR) is 43.8 cm³/mol. The van der Waals surface area contributed by atoms with Crippen molar-refractivity contribution in [3.05, 3.63) is 28.8 Å². The first-order valence-corrected chi connectivity index (χ1v) is 3.39. The highest BCUT2D eigenvalue weighted by Gasteiger charge is 2.17. The average Bonchev–Trinajstić information content (AvgIpc) is 2.74. The van der Waals surface area contributed by atoms with Crippen LogP contribution in [0.3, 0.4) is 0 Å². The molecule has 2 rings (SSSR count). The molecular formula is C6H4N5O2. The van der Waals surface area contributed by atoms with Gasteiger partial charge in [0.2, 0.25) is 0 Å². The Labute approximate surface area is 72.5 Å². The fraction of sp³-hybridized carbons (Fsp3) is 0. The number of nitrogens with zero attached hydrogens (tertiary/aromatic N) is 5. The van der Waals surface area contributed by atoms with Gasteiger partial charge in [0.25, 0.3) is 0 Å². The summed E-state index contributed by atoms with van der Waals surface area (Å²) in [5, 5.41) is 14.0. The number of rotatable bonds is 2. The number of hydrogen-bond acceptors (Lipinski definition) is 4. The fourth-order valence-corrected chi connectivity index (χ4v) is 0.965. The molecule has 1 radical (unpaired) electrons. The van der Waals surface area contributed by atoms with Crippen LogP contribution in [0, 0.1) is 10.1 Å². The molecule has 1 aliphatic heterocycles. The third kappa shape index (κ3) is 1.15. The van der Waals surface area contributed by atoms with Gasteiger partial charge in [0, 0.05) is 0 Å². The highest BCUT2D eigenvalue weighted by atomic mass is 16.6. The van der Waals surface area contributed by atoms with Gasteiger partial charge in [0.15, 0.2) is 12.0 Å². The molecule has 0 unspecified atom stereocenters. The van der Waals surface area contributed by atoms with Crippen LogP contribution in [0.25, 0.3) is 5.70 Å². The molecule has 1 aromatic heterocycles. The molecule has 0 aromatic carbocycles. The monoisotopic (exact) mass is 178 g/mol. The summed E-state index contributed by atoms with van der Waals surface area (Å²) in [6.07, 6.45) is 5.37. The number of hydrogen-bond donors (Lipinski definition) is 0. The molecule has 65 valence electrons. The zero-order valence-corrected chi connectivity index (χ0v) is 6.36. The van der Waals surface area contributed by atoms with Gasteiger partial charge in [0.05, 0.1) is 12.4 Å². The van der Waals surface area contributed by atoms with E-state index in [9.17, 15) is 10.1 Å². The summed E-state index contributed by atoms with van der Waals surface area (Å²) < 4.78 is 1.31. The van der Waals surface area contributed by atoms with E-state index in [4.69, 9.17) is 0 Å². The Hall–Kier alpha value is -2.18. The number of imidazole rings is 1. The van der Waals surface area contributed by atoms with Gasteiger partial charge < -0.3 is 10.1 Å². The minimum absolute atomic E-state index is 0.102. The first-order valence-electron chi connectivity index (χ1n) is 3.39. The van der Waals surface area contributed by atoms with E-state index in [1.165, 1.54) is 29.5 Å². The number of nitro groups is 1. The van der Waals surface area contributed by atoms with E-state index in [2.05, 4.69) is 15.5 Å². The van der Waals surface area contributed by atoms with Crippen LogP contribution in [0.5, 0.6) is 0 Å². The van der Waals surface area contributed by atoms with Gasteiger partial charge in [-0.15, -0.1) is 0 Å². The molecule has 1 aromatic rings. The normalized spacial score (nSPS) is 14.0. The van der Waals surface area contributed by atoms with Crippen molar-refractivity contribution in [2.45, 2.75) is 0 Å². The Balaban J connectivity index is 2.45. The lowest BCUT2D eigenvalue weighted by Crippen LogP contribution is -2.00. The zero-order chi connectivity index (χ0) is 9.26. The summed E-state index contributed by atoms with van der Waals surface area (Å²) >= 11 is 0. The van der Waals surface area contributed by atoms with Gasteiger partial charge in [-0.3, -0.25) is 0 Å². The molecule has 0 amide bonds. The highest BCUT2D eigenvalue weighted by Crippen LogP contribution is 2.15. The van der Waals surface area contributed by atoms with E-state index in [0.29, 0.717) is 5.70 Å². The second kappa shape index (κ2) is 2.70. The smallest absolute Gasteiger partial charge is 0.347 e. The molecule has 0 N–H and O–H groups in total. The molecule has 0 aliphatic carbocycles. The van der Waals surface area contributed by atoms with E-state index >= 15 is 0 Å². The first kappa shape index (κ1) is 7.47. The van der Waals surface area contributed by atoms with Crippen LogP contribution in [0.1, 0.15) is 0 Å². The van der Waals surface area contributed by atoms with Gasteiger partial charge >= 0.3 is 5.82 Å². The predicted octanol–water partition coefficient (Wildman–Crippen LogP) is 0.193. The Bertz CT molecular complexity index is 405. The summed E-state index contributed by atoms with van der Waals surface area (Å²) in [4.78, 5) is 13.6. The molecule has 0 atom stereocenters. The van der Waals surface area contributed by atoms with Crippen molar-refractivity contribution in [1.82, 2.24) is 15.0 Å². The van der Waals surface area contributed by atoms with Gasteiger partial charge in [0.1, 0.15) is 6.20 Å². The quantitative estimate of drug-likeness (QED) is 0.478. The Morgan fingerprint density at radius 2 is 2.38 bits per heavy atom. The van der Waals surface area contributed by atoms with Crippen molar-refractivity contribution in [2.75, 3.05) is 0 Å². The lowest BCUT2D eigenvalue weighted by atomic mass is 10.5. The zero-order valence-electron chi connectivity index (χ0n) is 6.36. The first-order chi connectivity index (χ1) is 6.29. The minimum Gasteiger partial charge on any atom is -0.358 e. The average molecular weight is 178 g/mol. The summed E-state index contributed by atoms with van der Waals surface area (Å²) in [5.41, 5.74) is 4.09. The summed E-state index contributed by atoms with van der Waals surface area (Å²) in [7, 11) is 0. The van der Waals surface area contributed by atoms with E-state index in [1.54, 1.807) is 0 Å². The van der Waals surface area contributed by atoms with Gasteiger partial charge in [-0.25, -0.2) is 4.98 Å². The standard InChI is InChI=1S/C6H4N5O2/c12-11(13)6-3-7-4-10(6)5-1-8-9-2-5/h1-4H. The lowest BCUT2D eigenvalue weighted by molar-refractivity contribution is -0.390. The molecule has 13 heavy (non-hydrogen) atoms. The van der Waals surface area contributed by atoms with Gasteiger partial charge in [-0.1, -0.05) is 0 Å². The second-order valence-corrected chi connectivity index (χ2v) is 2.29. The topological polar surface area (TPSA) is 87.4 Å². The van der Waals surface area contributed by atoms with Gasteiger partial charge in [-0.05, 0) is 4.92 Å². The van der Waals surface area contributed by atoms with Crippen molar-refractivity contribution in [2.24, 2.45) is 5.10 Å². The lowest BCUT2D eigenvalue weighted by Gasteiger charge is -1.95. The molecular weight excluding hydrogens is 174 g/mol. The van der Waals surface area contributed by atoms with Crippen LogP contribution < -0.4 is 5.43 Å². The van der Waals surface area contributed by atoms with Gasteiger partial charge in [-0.2, -0.15) is 15.1 Å². The maximum Gasteiger partial charge on any atom is 0.347 e. The van der Waals surface area contributed by atoms with Crippen LogP contribution in [-0.4, -0.2) is 20.7 Å². The van der Waals surface area contributed by atoms with Crippen LogP contribution in [-0.2, 0) is 0 Å². The highest BCUT2D eigenvalue weighted by molar-refractivity contribution is 6.03. The minimum atomic E-state index is -0.514. The molecule has 7 heteroatoms. The van der Waals surface area contributed by atoms with Crippen LogP contribution in [0.4, 0.5) is 5.82 Å². The summed E-state index contributed by atoms with van der Waals surface area (Å²) in [6, 6.07) is 0. The number of allylic oxidation sites excluding steroid dienone is 1.